The second kappa shape index (κ2) is 4.11. The molecule has 1 fully saturated rings. The molecule has 1 atom stereocenters. The summed E-state index contributed by atoms with van der Waals surface area (Å²) in [6.45, 7) is 2.42. The van der Waals surface area contributed by atoms with Gasteiger partial charge in [-0.2, -0.15) is 0 Å². The Morgan fingerprint density at radius 2 is 2.46 bits per heavy atom. The second-order valence-electron chi connectivity index (χ2n) is 3.46. The van der Waals surface area contributed by atoms with Crippen molar-refractivity contribution in [3.05, 3.63) is 24.4 Å². The van der Waals surface area contributed by atoms with Crippen LogP contribution in [-0.4, -0.2) is 35.3 Å². The van der Waals surface area contributed by atoms with Crippen molar-refractivity contribution in [1.29, 1.82) is 0 Å². The molecule has 0 bridgehead atoms. The van der Waals surface area contributed by atoms with Crippen LogP contribution in [0.3, 0.4) is 0 Å². The molecule has 3 heteroatoms. The summed E-state index contributed by atoms with van der Waals surface area (Å²) in [5, 5.41) is 1.89. The summed E-state index contributed by atoms with van der Waals surface area (Å²) in [6, 6.07) is 6.10. The van der Waals surface area contributed by atoms with E-state index in [-0.39, 0.29) is 0 Å². The molecule has 1 aliphatic heterocycles. The molecule has 70 valence electrons. The monoisotopic (exact) mass is 194 g/mol. The molecule has 0 aromatic carbocycles. The van der Waals surface area contributed by atoms with E-state index in [0.717, 1.165) is 10.3 Å². The first-order chi connectivity index (χ1) is 6.34. The maximum Gasteiger partial charge on any atom is 0.0962 e. The van der Waals surface area contributed by atoms with E-state index in [0.29, 0.717) is 0 Å². The third-order valence-corrected chi connectivity index (χ3v) is 3.47. The second-order valence-corrected chi connectivity index (χ2v) is 4.78. The summed E-state index contributed by atoms with van der Waals surface area (Å²) < 4.78 is 0. The van der Waals surface area contributed by atoms with E-state index in [1.54, 1.807) is 0 Å². The van der Waals surface area contributed by atoms with E-state index in [4.69, 9.17) is 0 Å². The van der Waals surface area contributed by atoms with E-state index in [9.17, 15) is 0 Å². The van der Waals surface area contributed by atoms with E-state index >= 15 is 0 Å². The van der Waals surface area contributed by atoms with Gasteiger partial charge in [-0.05, 0) is 32.1 Å². The molecule has 0 amide bonds. The fourth-order valence-electron chi connectivity index (χ4n) is 1.58. The number of likely N-dealkylation sites (tertiary alicyclic amines) is 1. The fraction of sp³-hybridized carbons (Fsp3) is 0.500. The van der Waals surface area contributed by atoms with Gasteiger partial charge >= 0.3 is 0 Å². The normalized spacial score (nSPS) is 23.6. The third-order valence-electron chi connectivity index (χ3n) is 2.27. The van der Waals surface area contributed by atoms with Gasteiger partial charge in [-0.1, -0.05) is 6.07 Å². The Morgan fingerprint density at radius 1 is 1.54 bits per heavy atom. The van der Waals surface area contributed by atoms with Gasteiger partial charge in [0.05, 0.1) is 5.03 Å². The lowest BCUT2D eigenvalue weighted by atomic mass is 10.4. The molecule has 1 aliphatic rings. The van der Waals surface area contributed by atoms with Gasteiger partial charge in [0.25, 0.3) is 0 Å². The highest BCUT2D eigenvalue weighted by atomic mass is 32.2. The Labute approximate surface area is 83.4 Å². The zero-order valence-electron chi connectivity index (χ0n) is 7.81. The highest BCUT2D eigenvalue weighted by Crippen LogP contribution is 2.27. The maximum atomic E-state index is 4.31. The number of rotatable bonds is 2. The van der Waals surface area contributed by atoms with Crippen LogP contribution < -0.4 is 0 Å². The average Bonchev–Trinajstić information content (AvgIpc) is 2.53. The summed E-state index contributed by atoms with van der Waals surface area (Å²) in [4.78, 5) is 6.69. The topological polar surface area (TPSA) is 16.1 Å². The first-order valence-electron chi connectivity index (χ1n) is 4.61. The summed E-state index contributed by atoms with van der Waals surface area (Å²) in [5.41, 5.74) is 0. The summed E-state index contributed by atoms with van der Waals surface area (Å²) >= 11 is 1.90. The minimum absolute atomic E-state index is 0.736. The molecule has 0 N–H and O–H groups in total. The van der Waals surface area contributed by atoms with Gasteiger partial charge in [-0.25, -0.2) is 4.98 Å². The molecule has 1 unspecified atom stereocenters. The van der Waals surface area contributed by atoms with Crippen molar-refractivity contribution in [3.8, 4) is 0 Å². The molecule has 1 aromatic rings. The predicted octanol–water partition coefficient (Wildman–Crippen LogP) is 1.88. The third kappa shape index (κ3) is 2.45. The molecule has 2 nitrogen and oxygen atoms in total. The van der Waals surface area contributed by atoms with Crippen LogP contribution >= 0.6 is 11.8 Å². The number of aromatic nitrogens is 1. The average molecular weight is 194 g/mol. The largest absolute Gasteiger partial charge is 0.305 e. The molecule has 13 heavy (non-hydrogen) atoms. The number of thioether (sulfide) groups is 1. The highest BCUT2D eigenvalue weighted by molar-refractivity contribution is 7.99. The number of pyridine rings is 1. The van der Waals surface area contributed by atoms with Crippen molar-refractivity contribution in [3.63, 3.8) is 0 Å². The first-order valence-corrected chi connectivity index (χ1v) is 5.49. The predicted molar refractivity (Wildman–Crippen MR) is 56.0 cm³/mol. The number of hydrogen-bond donors (Lipinski definition) is 0. The zero-order valence-corrected chi connectivity index (χ0v) is 8.63. The molecule has 1 aromatic heterocycles. The van der Waals surface area contributed by atoms with E-state index < -0.39 is 0 Å². The molecular formula is C10H14N2S. The number of hydrogen-bond acceptors (Lipinski definition) is 3. The van der Waals surface area contributed by atoms with Crippen molar-refractivity contribution in [2.45, 2.75) is 16.7 Å². The van der Waals surface area contributed by atoms with Crippen LogP contribution in [0.1, 0.15) is 6.42 Å². The van der Waals surface area contributed by atoms with Crippen molar-refractivity contribution in [2.75, 3.05) is 20.1 Å². The van der Waals surface area contributed by atoms with Crippen molar-refractivity contribution < 1.29 is 0 Å². The van der Waals surface area contributed by atoms with Gasteiger partial charge in [-0.15, -0.1) is 11.8 Å². The zero-order chi connectivity index (χ0) is 9.10. The molecule has 2 rings (SSSR count). The summed E-state index contributed by atoms with van der Waals surface area (Å²) in [5.74, 6) is 0. The van der Waals surface area contributed by atoms with Crippen molar-refractivity contribution in [2.24, 2.45) is 0 Å². The van der Waals surface area contributed by atoms with Gasteiger partial charge in [0.1, 0.15) is 0 Å². The molecule has 0 radical (unpaired) electrons. The Morgan fingerprint density at radius 3 is 3.08 bits per heavy atom. The van der Waals surface area contributed by atoms with Crippen LogP contribution in [0, 0.1) is 0 Å². The Hall–Kier alpha value is -0.540. The molecular weight excluding hydrogens is 180 g/mol. The lowest BCUT2D eigenvalue weighted by Crippen LogP contribution is -2.14. The van der Waals surface area contributed by atoms with Crippen molar-refractivity contribution >= 4 is 11.8 Å². The quantitative estimate of drug-likeness (QED) is 0.715. The summed E-state index contributed by atoms with van der Waals surface area (Å²) in [6.07, 6.45) is 3.15. The molecule has 0 aliphatic carbocycles. The van der Waals surface area contributed by atoms with Gasteiger partial charge < -0.3 is 4.90 Å². The van der Waals surface area contributed by atoms with Crippen LogP contribution in [0.5, 0.6) is 0 Å². The minimum atomic E-state index is 0.736. The first kappa shape index (κ1) is 9.03. The standard InChI is InChI=1S/C10H14N2S/c1-12-7-5-9(8-12)13-10-4-2-3-6-11-10/h2-4,6,9H,5,7-8H2,1H3. The summed E-state index contributed by atoms with van der Waals surface area (Å²) in [7, 11) is 2.18. The van der Waals surface area contributed by atoms with Crippen LogP contribution in [0.25, 0.3) is 0 Å². The van der Waals surface area contributed by atoms with Crippen molar-refractivity contribution in [1.82, 2.24) is 9.88 Å². The minimum Gasteiger partial charge on any atom is -0.305 e. The van der Waals surface area contributed by atoms with Crippen LogP contribution in [0.15, 0.2) is 29.4 Å². The Kier molecular flexibility index (Phi) is 2.86. The van der Waals surface area contributed by atoms with Crippen LogP contribution in [-0.2, 0) is 0 Å². The van der Waals surface area contributed by atoms with E-state index in [1.807, 2.05) is 30.1 Å². The van der Waals surface area contributed by atoms with Gasteiger partial charge in [-0.3, -0.25) is 0 Å². The lowest BCUT2D eigenvalue weighted by Gasteiger charge is -2.08. The van der Waals surface area contributed by atoms with Gasteiger partial charge in [0, 0.05) is 18.0 Å². The number of nitrogens with zero attached hydrogens (tertiary/aromatic N) is 2. The Balaban J connectivity index is 1.92. The van der Waals surface area contributed by atoms with Gasteiger partial charge in [0.15, 0.2) is 0 Å². The van der Waals surface area contributed by atoms with E-state index in [2.05, 4.69) is 23.0 Å². The highest BCUT2D eigenvalue weighted by Gasteiger charge is 2.20. The van der Waals surface area contributed by atoms with E-state index in [1.165, 1.54) is 19.5 Å². The van der Waals surface area contributed by atoms with Crippen LogP contribution in [0.2, 0.25) is 0 Å². The van der Waals surface area contributed by atoms with Gasteiger partial charge in [0.2, 0.25) is 0 Å². The molecule has 0 saturated carbocycles. The smallest absolute Gasteiger partial charge is 0.0962 e. The van der Waals surface area contributed by atoms with Crippen LogP contribution in [0.4, 0.5) is 0 Å². The fourth-order valence-corrected chi connectivity index (χ4v) is 2.75. The maximum absolute atomic E-state index is 4.31. The molecule has 0 spiro atoms. The Bertz CT molecular complexity index is 263. The molecule has 1 saturated heterocycles. The molecule has 2 heterocycles. The SMILES string of the molecule is CN1CCC(Sc2ccccn2)C1. The lowest BCUT2D eigenvalue weighted by molar-refractivity contribution is 0.419.